The molecule has 1 unspecified atom stereocenters. The summed E-state index contributed by atoms with van der Waals surface area (Å²) in [5, 5.41) is 6.88. The second-order valence-electron chi connectivity index (χ2n) is 4.32. The summed E-state index contributed by atoms with van der Waals surface area (Å²) in [6.07, 6.45) is 4.49. The van der Waals surface area contributed by atoms with Crippen molar-refractivity contribution in [2.45, 2.75) is 38.5 Å². The van der Waals surface area contributed by atoms with Crippen molar-refractivity contribution in [3.63, 3.8) is 0 Å². The quantitative estimate of drug-likeness (QED) is 0.789. The Labute approximate surface area is 94.6 Å². The molecule has 1 aromatic heterocycles. The van der Waals surface area contributed by atoms with Gasteiger partial charge in [0.05, 0.1) is 7.11 Å². The summed E-state index contributed by atoms with van der Waals surface area (Å²) in [7, 11) is 1.42. The Bertz CT molecular complexity index is 369. The summed E-state index contributed by atoms with van der Waals surface area (Å²) < 4.78 is 4.86. The van der Waals surface area contributed by atoms with Gasteiger partial charge in [0, 0.05) is 0 Å². The molecule has 2 rings (SSSR count). The van der Waals surface area contributed by atoms with Crippen LogP contribution in [0.5, 0.6) is 0 Å². The Balaban J connectivity index is 2.23. The maximum Gasteiger partial charge on any atom is 0.316 e. The van der Waals surface area contributed by atoms with Crippen LogP contribution in [0.3, 0.4) is 0 Å². The molecule has 0 aromatic carbocycles. The minimum absolute atomic E-state index is 0.217. The highest BCUT2D eigenvalue weighted by atomic mass is 16.5. The van der Waals surface area contributed by atoms with Crippen LogP contribution < -0.4 is 0 Å². The number of methoxy groups -OCH3 is 1. The number of hydrogen-bond acceptors (Lipinski definition) is 4. The molecular weight excluding hydrogens is 206 g/mol. The number of H-pyrrole nitrogens is 1. The number of esters is 1. The van der Waals surface area contributed by atoms with Crippen LogP contribution in [0.2, 0.25) is 0 Å². The van der Waals surface area contributed by atoms with E-state index in [-0.39, 0.29) is 11.9 Å². The normalized spacial score (nSPS) is 18.6. The van der Waals surface area contributed by atoms with E-state index in [4.69, 9.17) is 4.74 Å². The van der Waals surface area contributed by atoms with Crippen molar-refractivity contribution in [1.29, 1.82) is 0 Å². The lowest BCUT2D eigenvalue weighted by molar-refractivity contribution is -0.144. The van der Waals surface area contributed by atoms with Crippen molar-refractivity contribution in [3.8, 4) is 0 Å². The van der Waals surface area contributed by atoms with E-state index in [9.17, 15) is 4.79 Å². The summed E-state index contributed by atoms with van der Waals surface area (Å²) in [6.45, 7) is 1.83. The molecule has 1 N–H and O–H groups in total. The zero-order valence-electron chi connectivity index (χ0n) is 9.69. The minimum Gasteiger partial charge on any atom is -0.468 e. The molecule has 0 amide bonds. The van der Waals surface area contributed by atoms with E-state index >= 15 is 0 Å². The van der Waals surface area contributed by atoms with Crippen LogP contribution in [-0.4, -0.2) is 28.3 Å². The van der Waals surface area contributed by atoms with Gasteiger partial charge in [0.15, 0.2) is 5.82 Å². The van der Waals surface area contributed by atoms with Gasteiger partial charge in [0.25, 0.3) is 0 Å². The van der Waals surface area contributed by atoms with E-state index in [1.54, 1.807) is 0 Å². The molecule has 0 saturated heterocycles. The summed E-state index contributed by atoms with van der Waals surface area (Å²) in [5.74, 6) is 1.14. The largest absolute Gasteiger partial charge is 0.468 e. The topological polar surface area (TPSA) is 67.9 Å². The molecule has 1 fully saturated rings. The molecule has 1 heterocycles. The number of ether oxygens (including phenoxy) is 1. The van der Waals surface area contributed by atoms with Crippen molar-refractivity contribution >= 4 is 5.97 Å². The maximum absolute atomic E-state index is 11.8. The zero-order valence-corrected chi connectivity index (χ0v) is 9.69. The number of rotatable bonds is 3. The van der Waals surface area contributed by atoms with Crippen LogP contribution in [0.1, 0.15) is 43.3 Å². The number of carbonyl (C=O) groups excluding carboxylic acids is 1. The van der Waals surface area contributed by atoms with Gasteiger partial charge >= 0.3 is 5.97 Å². The van der Waals surface area contributed by atoms with Crippen LogP contribution in [0.15, 0.2) is 0 Å². The van der Waals surface area contributed by atoms with Gasteiger partial charge in [-0.3, -0.25) is 9.89 Å². The first-order valence-corrected chi connectivity index (χ1v) is 5.69. The van der Waals surface area contributed by atoms with Gasteiger partial charge in [-0.25, -0.2) is 4.98 Å². The Morgan fingerprint density at radius 3 is 2.69 bits per heavy atom. The van der Waals surface area contributed by atoms with Crippen LogP contribution in [0.25, 0.3) is 0 Å². The number of nitrogens with one attached hydrogen (secondary N) is 1. The Hall–Kier alpha value is -1.39. The SMILES string of the molecule is COC(=O)C(c1n[nH]c(C)n1)C1CCCC1. The molecule has 1 saturated carbocycles. The Morgan fingerprint density at radius 2 is 2.19 bits per heavy atom. The summed E-state index contributed by atoms with van der Waals surface area (Å²) in [4.78, 5) is 16.0. The molecule has 1 aromatic rings. The number of nitrogens with zero attached hydrogens (tertiary/aromatic N) is 2. The van der Waals surface area contributed by atoms with Crippen molar-refractivity contribution in [2.24, 2.45) is 5.92 Å². The molecule has 0 spiro atoms. The van der Waals surface area contributed by atoms with Crippen LogP contribution in [-0.2, 0) is 9.53 Å². The van der Waals surface area contributed by atoms with Gasteiger partial charge < -0.3 is 4.74 Å². The highest BCUT2D eigenvalue weighted by Gasteiger charge is 2.35. The predicted octanol–water partition coefficient (Wildman–Crippen LogP) is 1.56. The van der Waals surface area contributed by atoms with Gasteiger partial charge in [-0.05, 0) is 25.7 Å². The van der Waals surface area contributed by atoms with E-state index in [0.29, 0.717) is 11.7 Å². The number of aryl methyl sites for hydroxylation is 1. The molecule has 0 aliphatic heterocycles. The molecule has 1 aliphatic carbocycles. The minimum atomic E-state index is -0.294. The van der Waals surface area contributed by atoms with E-state index in [0.717, 1.165) is 18.7 Å². The second kappa shape index (κ2) is 4.63. The Kier molecular flexibility index (Phi) is 3.22. The van der Waals surface area contributed by atoms with Gasteiger partial charge in [-0.1, -0.05) is 12.8 Å². The molecule has 88 valence electrons. The standard InChI is InChI=1S/C11H17N3O2/c1-7-12-10(14-13-7)9(11(15)16-2)8-5-3-4-6-8/h8-9H,3-6H2,1-2H3,(H,12,13,14). The number of hydrogen-bond donors (Lipinski definition) is 1. The monoisotopic (exact) mass is 223 g/mol. The smallest absolute Gasteiger partial charge is 0.316 e. The number of carbonyl (C=O) groups is 1. The fraction of sp³-hybridized carbons (Fsp3) is 0.727. The van der Waals surface area contributed by atoms with Crippen molar-refractivity contribution < 1.29 is 9.53 Å². The van der Waals surface area contributed by atoms with E-state index in [1.807, 2.05) is 6.92 Å². The van der Waals surface area contributed by atoms with Crippen LogP contribution in [0.4, 0.5) is 0 Å². The molecule has 0 radical (unpaired) electrons. The van der Waals surface area contributed by atoms with Crippen LogP contribution in [0, 0.1) is 12.8 Å². The highest BCUT2D eigenvalue weighted by Crippen LogP contribution is 2.36. The number of aromatic amines is 1. The van der Waals surface area contributed by atoms with Crippen molar-refractivity contribution in [2.75, 3.05) is 7.11 Å². The lowest BCUT2D eigenvalue weighted by atomic mass is 9.90. The fourth-order valence-corrected chi connectivity index (χ4v) is 2.43. The molecule has 5 nitrogen and oxygen atoms in total. The lowest BCUT2D eigenvalue weighted by Gasteiger charge is -2.17. The van der Waals surface area contributed by atoms with Crippen LogP contribution >= 0.6 is 0 Å². The third-order valence-electron chi connectivity index (χ3n) is 3.22. The van der Waals surface area contributed by atoms with E-state index in [1.165, 1.54) is 20.0 Å². The average Bonchev–Trinajstić information content (AvgIpc) is 2.91. The van der Waals surface area contributed by atoms with Crippen molar-refractivity contribution in [1.82, 2.24) is 15.2 Å². The van der Waals surface area contributed by atoms with Gasteiger partial charge in [-0.15, -0.1) is 0 Å². The lowest BCUT2D eigenvalue weighted by Crippen LogP contribution is -2.22. The molecule has 16 heavy (non-hydrogen) atoms. The predicted molar refractivity (Wildman–Crippen MR) is 57.8 cm³/mol. The van der Waals surface area contributed by atoms with Gasteiger partial charge in [0.2, 0.25) is 0 Å². The van der Waals surface area contributed by atoms with E-state index in [2.05, 4.69) is 15.2 Å². The first-order chi connectivity index (χ1) is 7.72. The summed E-state index contributed by atoms with van der Waals surface area (Å²) in [6, 6.07) is 0. The average molecular weight is 223 g/mol. The first kappa shape index (κ1) is 11.1. The molecule has 0 bridgehead atoms. The fourth-order valence-electron chi connectivity index (χ4n) is 2.43. The summed E-state index contributed by atoms with van der Waals surface area (Å²) in [5.41, 5.74) is 0. The first-order valence-electron chi connectivity index (χ1n) is 5.69. The third-order valence-corrected chi connectivity index (χ3v) is 3.22. The maximum atomic E-state index is 11.8. The zero-order chi connectivity index (χ0) is 11.5. The van der Waals surface area contributed by atoms with Crippen molar-refractivity contribution in [3.05, 3.63) is 11.6 Å². The van der Waals surface area contributed by atoms with Gasteiger partial charge in [-0.2, -0.15) is 5.10 Å². The number of aromatic nitrogens is 3. The second-order valence-corrected chi connectivity index (χ2v) is 4.32. The highest BCUT2D eigenvalue weighted by molar-refractivity contribution is 5.77. The summed E-state index contributed by atoms with van der Waals surface area (Å²) >= 11 is 0. The third kappa shape index (κ3) is 2.08. The van der Waals surface area contributed by atoms with Gasteiger partial charge in [0.1, 0.15) is 11.7 Å². The molecule has 1 aliphatic rings. The molecule has 1 atom stereocenters. The Morgan fingerprint density at radius 1 is 1.50 bits per heavy atom. The molecular formula is C11H17N3O2. The molecule has 5 heteroatoms. The van der Waals surface area contributed by atoms with E-state index < -0.39 is 0 Å².